The molecule has 0 saturated carbocycles. The van der Waals surface area contributed by atoms with Crippen molar-refractivity contribution < 1.29 is 0 Å². The number of aryl methyl sites for hydroxylation is 1. The topological polar surface area (TPSA) is 61.6 Å². The van der Waals surface area contributed by atoms with Crippen molar-refractivity contribution in [2.75, 3.05) is 11.1 Å². The summed E-state index contributed by atoms with van der Waals surface area (Å²) in [4.78, 5) is 0. The monoisotopic (exact) mass is 332 g/mol. The number of nitriles is 1. The molecule has 0 unspecified atom stereocenters. The molecule has 6 heteroatoms. The van der Waals surface area contributed by atoms with Gasteiger partial charge in [0.1, 0.15) is 0 Å². The minimum Gasteiger partial charge on any atom is -0.330 e. The van der Waals surface area contributed by atoms with Crippen LogP contribution in [0.4, 0.5) is 10.8 Å². The Balaban J connectivity index is 1.95. The molecule has 0 aliphatic heterocycles. The maximum Gasteiger partial charge on any atom is 0.210 e. The molecule has 1 aromatic heterocycles. The van der Waals surface area contributed by atoms with E-state index < -0.39 is 0 Å². The highest BCUT2D eigenvalue weighted by molar-refractivity contribution is 8.01. The lowest BCUT2D eigenvalue weighted by Crippen LogP contribution is -2.08. The zero-order chi connectivity index (χ0) is 16.2. The van der Waals surface area contributed by atoms with Gasteiger partial charge in [0.25, 0.3) is 0 Å². The summed E-state index contributed by atoms with van der Waals surface area (Å²) in [6.45, 7) is 8.11. The Morgan fingerprint density at radius 3 is 2.82 bits per heavy atom. The predicted octanol–water partition coefficient (Wildman–Crippen LogP) is 4.93. The van der Waals surface area contributed by atoms with Gasteiger partial charge in [-0.05, 0) is 51.3 Å². The number of hydrogen-bond donors (Lipinski definition) is 1. The molecule has 0 amide bonds. The number of rotatable bonds is 6. The number of benzene rings is 1. The highest BCUT2D eigenvalue weighted by Crippen LogP contribution is 2.31. The molecule has 2 aromatic rings. The Hall–Kier alpha value is -1.58. The first-order chi connectivity index (χ1) is 10.4. The van der Waals surface area contributed by atoms with Crippen molar-refractivity contribution in [2.24, 2.45) is 5.41 Å². The van der Waals surface area contributed by atoms with E-state index >= 15 is 0 Å². The predicted molar refractivity (Wildman–Crippen MR) is 93.8 cm³/mol. The van der Waals surface area contributed by atoms with E-state index in [1.165, 1.54) is 11.1 Å². The number of nitrogens with one attached hydrogen (secondary N) is 1. The third-order valence-corrected chi connectivity index (χ3v) is 5.48. The van der Waals surface area contributed by atoms with E-state index in [1.54, 1.807) is 23.1 Å². The van der Waals surface area contributed by atoms with Gasteiger partial charge in [-0.2, -0.15) is 5.26 Å². The lowest BCUT2D eigenvalue weighted by molar-refractivity contribution is 0.482. The molecule has 4 nitrogen and oxygen atoms in total. The first-order valence-electron chi connectivity index (χ1n) is 7.12. The van der Waals surface area contributed by atoms with Crippen LogP contribution in [0.3, 0.4) is 0 Å². The molecule has 0 saturated heterocycles. The van der Waals surface area contributed by atoms with Crippen LogP contribution in [0.25, 0.3) is 0 Å². The average molecular weight is 332 g/mol. The normalized spacial score (nSPS) is 11.2. The molecule has 0 fully saturated rings. The van der Waals surface area contributed by atoms with Crippen molar-refractivity contribution in [1.82, 2.24) is 10.2 Å². The Morgan fingerprint density at radius 1 is 1.32 bits per heavy atom. The minimum atomic E-state index is -0.280. The molecular formula is C16H20N4S2. The summed E-state index contributed by atoms with van der Waals surface area (Å²) >= 11 is 3.20. The molecule has 116 valence electrons. The Labute approximate surface area is 140 Å². The number of hydrogen-bond acceptors (Lipinski definition) is 6. The lowest BCUT2D eigenvalue weighted by Gasteiger charge is -2.12. The van der Waals surface area contributed by atoms with Gasteiger partial charge in [0.05, 0.1) is 11.5 Å². The van der Waals surface area contributed by atoms with Crippen LogP contribution >= 0.6 is 23.1 Å². The summed E-state index contributed by atoms with van der Waals surface area (Å²) in [5, 5.41) is 21.5. The van der Waals surface area contributed by atoms with E-state index in [0.717, 1.165) is 27.3 Å². The summed E-state index contributed by atoms with van der Waals surface area (Å²) in [6.07, 6.45) is 0.841. The maximum atomic E-state index is 9.01. The fourth-order valence-corrected chi connectivity index (χ4v) is 3.87. The van der Waals surface area contributed by atoms with E-state index in [1.807, 2.05) is 26.0 Å². The van der Waals surface area contributed by atoms with Crippen LogP contribution in [-0.4, -0.2) is 16.0 Å². The first kappa shape index (κ1) is 16.8. The molecule has 1 heterocycles. The number of aromatic nitrogens is 2. The van der Waals surface area contributed by atoms with Crippen LogP contribution in [0, 0.1) is 30.6 Å². The standard InChI is InChI=1S/C16H20N4S2/c1-11-6-5-7-13(12(11)2)18-14-19-20-15(22-14)21-9-8-16(3,4)10-17/h5-7H,8-9H2,1-4H3,(H,18,19). The van der Waals surface area contributed by atoms with Crippen molar-refractivity contribution in [3.05, 3.63) is 29.3 Å². The molecule has 0 spiro atoms. The fraction of sp³-hybridized carbons (Fsp3) is 0.438. The molecule has 2 rings (SSSR count). The largest absolute Gasteiger partial charge is 0.330 e. The van der Waals surface area contributed by atoms with Crippen LogP contribution in [0.2, 0.25) is 0 Å². The SMILES string of the molecule is Cc1cccc(Nc2nnc(SCCC(C)(C)C#N)s2)c1C. The van der Waals surface area contributed by atoms with Gasteiger partial charge in [-0.15, -0.1) is 10.2 Å². The average Bonchev–Trinajstić information content (AvgIpc) is 2.91. The fourth-order valence-electron chi connectivity index (χ4n) is 1.77. The van der Waals surface area contributed by atoms with Crippen LogP contribution in [-0.2, 0) is 0 Å². The van der Waals surface area contributed by atoms with E-state index in [2.05, 4.69) is 41.5 Å². The van der Waals surface area contributed by atoms with Gasteiger partial charge in [0.15, 0.2) is 4.34 Å². The maximum absolute atomic E-state index is 9.01. The molecule has 1 aromatic carbocycles. The Bertz CT molecular complexity index is 686. The van der Waals surface area contributed by atoms with Crippen LogP contribution < -0.4 is 5.32 Å². The molecule has 22 heavy (non-hydrogen) atoms. The summed E-state index contributed by atoms with van der Waals surface area (Å²) in [6, 6.07) is 8.50. The minimum absolute atomic E-state index is 0.280. The van der Waals surface area contributed by atoms with Gasteiger partial charge in [-0.1, -0.05) is 35.2 Å². The van der Waals surface area contributed by atoms with Crippen LogP contribution in [0.15, 0.2) is 22.5 Å². The zero-order valence-electron chi connectivity index (χ0n) is 13.3. The van der Waals surface area contributed by atoms with Gasteiger partial charge in [-0.25, -0.2) is 0 Å². The second kappa shape index (κ2) is 7.12. The lowest BCUT2D eigenvalue weighted by atomic mass is 9.93. The van der Waals surface area contributed by atoms with Crippen molar-refractivity contribution in [3.63, 3.8) is 0 Å². The molecule has 0 radical (unpaired) electrons. The molecule has 0 aliphatic rings. The first-order valence-corrected chi connectivity index (χ1v) is 8.92. The highest BCUT2D eigenvalue weighted by Gasteiger charge is 2.16. The second-order valence-electron chi connectivity index (χ2n) is 5.84. The van der Waals surface area contributed by atoms with Gasteiger partial charge in [0, 0.05) is 11.4 Å². The van der Waals surface area contributed by atoms with Gasteiger partial charge in [0.2, 0.25) is 5.13 Å². The number of thioether (sulfide) groups is 1. The highest BCUT2D eigenvalue weighted by atomic mass is 32.2. The van der Waals surface area contributed by atoms with Crippen molar-refractivity contribution in [2.45, 2.75) is 38.5 Å². The smallest absolute Gasteiger partial charge is 0.210 e. The van der Waals surface area contributed by atoms with Gasteiger partial charge >= 0.3 is 0 Å². The third kappa shape index (κ3) is 4.46. The second-order valence-corrected chi connectivity index (χ2v) is 8.16. The van der Waals surface area contributed by atoms with Gasteiger partial charge < -0.3 is 5.32 Å². The van der Waals surface area contributed by atoms with E-state index in [0.29, 0.717) is 0 Å². The molecule has 0 bridgehead atoms. The van der Waals surface area contributed by atoms with E-state index in [9.17, 15) is 0 Å². The van der Waals surface area contributed by atoms with Gasteiger partial charge in [-0.3, -0.25) is 0 Å². The zero-order valence-corrected chi connectivity index (χ0v) is 14.9. The summed E-state index contributed by atoms with van der Waals surface area (Å²) in [7, 11) is 0. The Morgan fingerprint density at radius 2 is 2.09 bits per heavy atom. The molecule has 1 N–H and O–H groups in total. The summed E-state index contributed by atoms with van der Waals surface area (Å²) < 4.78 is 0.932. The van der Waals surface area contributed by atoms with Crippen molar-refractivity contribution >= 4 is 33.9 Å². The quantitative estimate of drug-likeness (QED) is 0.760. The van der Waals surface area contributed by atoms with Crippen LogP contribution in [0.1, 0.15) is 31.4 Å². The van der Waals surface area contributed by atoms with Crippen molar-refractivity contribution in [1.29, 1.82) is 5.26 Å². The third-order valence-electron chi connectivity index (χ3n) is 3.51. The number of nitrogens with zero attached hydrogens (tertiary/aromatic N) is 3. The van der Waals surface area contributed by atoms with Crippen molar-refractivity contribution in [3.8, 4) is 6.07 Å². The van der Waals surface area contributed by atoms with E-state index in [4.69, 9.17) is 5.26 Å². The van der Waals surface area contributed by atoms with E-state index in [-0.39, 0.29) is 5.41 Å². The number of anilines is 2. The molecular weight excluding hydrogens is 312 g/mol. The summed E-state index contributed by atoms with van der Waals surface area (Å²) in [5.74, 6) is 0.874. The molecule has 0 atom stereocenters. The van der Waals surface area contributed by atoms with Crippen LogP contribution in [0.5, 0.6) is 0 Å². The summed E-state index contributed by atoms with van der Waals surface area (Å²) in [5.41, 5.74) is 3.26. The Kier molecular flexibility index (Phi) is 5.43. The molecule has 0 aliphatic carbocycles.